The largest absolute Gasteiger partial charge is 0.508 e. The molecule has 0 unspecified atom stereocenters. The fourth-order valence-electron chi connectivity index (χ4n) is 16.5. The van der Waals surface area contributed by atoms with E-state index in [2.05, 4.69) is 37.2 Å². The van der Waals surface area contributed by atoms with Crippen molar-refractivity contribution in [1.82, 2.24) is 39.9 Å². The van der Waals surface area contributed by atoms with Crippen molar-refractivity contribution >= 4 is 74.4 Å². The SMILES string of the molecule is O=C(Cc1ccc(Br)cc1)Nc1nc2c(nc1Cc1ccccc1)-c1ccc(F)cc1CC2.O=C(Cc1ccc(Cl)cc1)Nc1nc2c(nc1Cc1ccccc1)-c1ccc(F)cc1CC2.O=C(Cc1ccc(F)cc1)Nc1nc2c(nc1Cc1ccccc1)-c1ccc(F)cc1CC2.O=C(Cc1ccc(O)cc1)Nc1nc2c(nc1Cc1ccccc1)-c1ccc(F)cc1CC2. The Morgan fingerprint density at radius 3 is 0.780 bits per heavy atom. The first-order valence-electron chi connectivity index (χ1n) is 43.3. The molecule has 4 aliphatic carbocycles. The zero-order chi connectivity index (χ0) is 91.1. The van der Waals surface area contributed by atoms with Crippen LogP contribution in [0.5, 0.6) is 5.75 Å². The number of benzene rings is 12. The van der Waals surface area contributed by atoms with Gasteiger partial charge in [0.15, 0.2) is 23.3 Å². The lowest BCUT2D eigenvalue weighted by atomic mass is 9.91. The van der Waals surface area contributed by atoms with Crippen molar-refractivity contribution in [2.24, 2.45) is 0 Å². The Kier molecular flexibility index (Phi) is 27.8. The molecule has 4 heterocycles. The number of anilines is 4. The molecule has 0 saturated heterocycles. The summed E-state index contributed by atoms with van der Waals surface area (Å²) in [4.78, 5) is 90.1. The number of rotatable bonds is 20. The van der Waals surface area contributed by atoms with E-state index < -0.39 is 0 Å². The lowest BCUT2D eigenvalue weighted by molar-refractivity contribution is -0.116. The third-order valence-corrected chi connectivity index (χ3v) is 23.8. The minimum absolute atomic E-state index is 0.103. The maximum absolute atomic E-state index is 13.8. The quantitative estimate of drug-likeness (QED) is 0.0447. The van der Waals surface area contributed by atoms with Crippen molar-refractivity contribution < 1.29 is 46.2 Å². The van der Waals surface area contributed by atoms with Crippen LogP contribution in [0.2, 0.25) is 5.02 Å². The number of hydrogen-bond acceptors (Lipinski definition) is 13. The van der Waals surface area contributed by atoms with Gasteiger partial charge in [-0.1, -0.05) is 197 Å². The van der Waals surface area contributed by atoms with Gasteiger partial charge in [0.1, 0.15) is 34.8 Å². The molecule has 24 heteroatoms. The van der Waals surface area contributed by atoms with Crippen LogP contribution in [-0.4, -0.2) is 68.6 Å². The van der Waals surface area contributed by atoms with Crippen molar-refractivity contribution in [3.63, 3.8) is 0 Å². The number of phenols is 1. The molecule has 5 N–H and O–H groups in total. The molecule has 4 amide bonds. The summed E-state index contributed by atoms with van der Waals surface area (Å²) < 4.78 is 69.2. The topological polar surface area (TPSA) is 240 Å². The molecule has 0 radical (unpaired) electrons. The van der Waals surface area contributed by atoms with Gasteiger partial charge in [0.05, 0.1) is 94.0 Å². The highest BCUT2D eigenvalue weighted by atomic mass is 79.9. The molecule has 0 saturated carbocycles. The molecule has 0 aliphatic heterocycles. The minimum Gasteiger partial charge on any atom is -0.508 e. The van der Waals surface area contributed by atoms with E-state index in [-0.39, 0.29) is 84.1 Å². The fraction of sp³-hybridized carbons (Fsp3) is 0.148. The van der Waals surface area contributed by atoms with Crippen LogP contribution in [0.25, 0.3) is 45.0 Å². The highest BCUT2D eigenvalue weighted by molar-refractivity contribution is 9.10. The van der Waals surface area contributed by atoms with Gasteiger partial charge in [-0.25, -0.2) is 61.8 Å². The predicted octanol–water partition coefficient (Wildman–Crippen LogP) is 21.9. The predicted molar refractivity (Wildman–Crippen MR) is 506 cm³/mol. The minimum atomic E-state index is -0.343. The van der Waals surface area contributed by atoms with Crippen LogP contribution in [-0.2, 0) is 122 Å². The first kappa shape index (κ1) is 89.1. The van der Waals surface area contributed by atoms with Gasteiger partial charge in [0.2, 0.25) is 23.6 Å². The highest BCUT2D eigenvalue weighted by Crippen LogP contribution is 2.40. The summed E-state index contributed by atoms with van der Waals surface area (Å²) in [6.07, 6.45) is 8.03. The van der Waals surface area contributed by atoms with Gasteiger partial charge < -0.3 is 26.4 Å². The van der Waals surface area contributed by atoms with Gasteiger partial charge in [-0.05, 0) is 239 Å². The van der Waals surface area contributed by atoms with E-state index in [0.29, 0.717) is 134 Å². The molecule has 0 atom stereocenters. The highest BCUT2D eigenvalue weighted by Gasteiger charge is 2.30. The third kappa shape index (κ3) is 22.7. The molecule has 4 aromatic heterocycles. The molecular weight excluding hydrogens is 1760 g/mol. The van der Waals surface area contributed by atoms with E-state index in [0.717, 1.165) is 133 Å². The van der Waals surface area contributed by atoms with Gasteiger partial charge in [-0.15, -0.1) is 0 Å². The van der Waals surface area contributed by atoms with Crippen LogP contribution in [0, 0.1) is 29.1 Å². The van der Waals surface area contributed by atoms with E-state index >= 15 is 0 Å². The molecule has 0 fully saturated rings. The van der Waals surface area contributed by atoms with E-state index in [9.17, 15) is 46.2 Å². The fourth-order valence-corrected chi connectivity index (χ4v) is 16.9. The summed E-state index contributed by atoms with van der Waals surface area (Å²) in [5, 5.41) is 21.9. The third-order valence-electron chi connectivity index (χ3n) is 23.0. The second-order valence-electron chi connectivity index (χ2n) is 32.6. The smallest absolute Gasteiger partial charge is 0.229 e. The Morgan fingerprint density at radius 1 is 0.280 bits per heavy atom. The molecule has 16 aromatic rings. The van der Waals surface area contributed by atoms with Crippen molar-refractivity contribution in [2.75, 3.05) is 21.3 Å². The van der Waals surface area contributed by atoms with Crippen molar-refractivity contribution in [3.05, 3.63) is 442 Å². The number of halogens is 7. The summed E-state index contributed by atoms with van der Waals surface area (Å²) in [5.74, 6) is -0.117. The molecule has 12 aromatic carbocycles. The summed E-state index contributed by atoms with van der Waals surface area (Å²) in [7, 11) is 0. The summed E-state index contributed by atoms with van der Waals surface area (Å²) >= 11 is 9.37. The summed E-state index contributed by atoms with van der Waals surface area (Å²) in [6.45, 7) is 0. The Morgan fingerprint density at radius 2 is 0.515 bits per heavy atom. The number of aryl methyl sites for hydroxylation is 8. The zero-order valence-electron chi connectivity index (χ0n) is 71.3. The van der Waals surface area contributed by atoms with Gasteiger partial charge in [0.25, 0.3) is 0 Å². The maximum Gasteiger partial charge on any atom is 0.229 e. The van der Waals surface area contributed by atoms with Gasteiger partial charge in [-0.2, -0.15) is 0 Å². The van der Waals surface area contributed by atoms with Crippen LogP contribution in [0.4, 0.5) is 45.2 Å². The number of amides is 4. The van der Waals surface area contributed by atoms with Gasteiger partial charge in [0, 0.05) is 57.4 Å². The maximum atomic E-state index is 13.8. The standard InChI is InChI=1S/C27H21BrFN3O.C27H21ClFN3O.C27H21F2N3O.C27H22FN3O2/c3*28-20-9-6-18(7-10-20)15-25(33)32-27-24(14-17-4-2-1-3-5-17)30-26-22-12-11-21(29)16-19(22)8-13-23(26)31-27;28-20-9-12-22-19(16-20)8-13-23-26(22)29-24(14-17-4-2-1-3-5-17)27(30-23)31-25(33)15-18-6-10-21(32)11-7-18/h3*1-7,9-12,16H,8,13-15H2,(H,31,32,33);1-7,9-12,16,32H,8,13-15H2,(H,30,31,33). The number of fused-ring (bicyclic) bond motifs is 12. The van der Waals surface area contributed by atoms with E-state index in [4.69, 9.17) is 51.5 Å². The number of hydrogen-bond donors (Lipinski definition) is 5. The molecule has 132 heavy (non-hydrogen) atoms. The molecule has 4 aliphatic rings. The van der Waals surface area contributed by atoms with Crippen LogP contribution >= 0.6 is 27.5 Å². The number of phenolic OH excluding ortho intramolecular Hbond substituents is 1. The van der Waals surface area contributed by atoms with Crippen LogP contribution in [0.15, 0.2) is 296 Å². The Bertz CT molecular complexity index is 6130. The average molecular weight is 1840 g/mol. The van der Waals surface area contributed by atoms with E-state index in [1.807, 2.05) is 158 Å². The molecular formula is C108H85BrClF5N12O5. The van der Waals surface area contributed by atoms with Crippen molar-refractivity contribution in [3.8, 4) is 50.8 Å². The number of nitrogens with zero attached hydrogens (tertiary/aromatic N) is 8. The molecule has 656 valence electrons. The molecule has 0 spiro atoms. The Balaban J connectivity index is 0.000000123. The Labute approximate surface area is 772 Å². The monoisotopic (exact) mass is 1840 g/mol. The number of nitrogens with one attached hydrogen (secondary N) is 4. The zero-order valence-corrected chi connectivity index (χ0v) is 73.7. The normalized spacial score (nSPS) is 12.1. The molecule has 20 rings (SSSR count). The summed E-state index contributed by atoms with van der Waals surface area (Å²) in [6, 6.07) is 86.0. The lowest BCUT2D eigenvalue weighted by Crippen LogP contribution is -2.20. The first-order valence-corrected chi connectivity index (χ1v) is 44.5. The number of carbonyl (C=O) groups is 4. The van der Waals surface area contributed by atoms with Crippen LogP contribution < -0.4 is 21.3 Å². The Hall–Kier alpha value is -14.9. The van der Waals surface area contributed by atoms with Gasteiger partial charge in [-0.3, -0.25) is 19.2 Å². The summed E-state index contributed by atoms with van der Waals surface area (Å²) in [5.41, 5.74) is 23.7. The molecule has 0 bridgehead atoms. The van der Waals surface area contributed by atoms with Crippen LogP contribution in [0.3, 0.4) is 0 Å². The number of carbonyl (C=O) groups excluding carboxylic acids is 4. The number of aromatic nitrogens is 8. The second kappa shape index (κ2) is 41.2. The molecule has 17 nitrogen and oxygen atoms in total. The average Bonchev–Trinajstić information content (AvgIpc) is 0.782. The van der Waals surface area contributed by atoms with Gasteiger partial charge >= 0.3 is 0 Å². The van der Waals surface area contributed by atoms with E-state index in [1.165, 1.54) is 36.4 Å². The second-order valence-corrected chi connectivity index (χ2v) is 33.9. The van der Waals surface area contributed by atoms with E-state index in [1.54, 1.807) is 97.1 Å². The lowest BCUT2D eigenvalue weighted by Gasteiger charge is -2.21. The van der Waals surface area contributed by atoms with Crippen molar-refractivity contribution in [1.29, 1.82) is 0 Å². The first-order chi connectivity index (χ1) is 64.2. The van der Waals surface area contributed by atoms with Crippen molar-refractivity contribution in [2.45, 2.75) is 103 Å². The van der Waals surface area contributed by atoms with Crippen LogP contribution in [0.1, 0.15) is 112 Å². The number of aromatic hydroxyl groups is 1.